The van der Waals surface area contributed by atoms with E-state index in [1.807, 2.05) is 104 Å². The van der Waals surface area contributed by atoms with E-state index in [4.69, 9.17) is 48.7 Å². The number of aromatic nitrogens is 5. The van der Waals surface area contributed by atoms with Gasteiger partial charge in [0.1, 0.15) is 110 Å². The number of halogens is 3. The number of ether oxygens (including phenoxy) is 11. The van der Waals surface area contributed by atoms with Gasteiger partial charge in [0.25, 0.3) is 0 Å². The number of anilines is 5. The maximum Gasteiger partial charge on any atom is 0.416 e. The summed E-state index contributed by atoms with van der Waals surface area (Å²) in [5.41, 5.74) is 8.62. The summed E-state index contributed by atoms with van der Waals surface area (Å²) < 4.78 is 98.6. The summed E-state index contributed by atoms with van der Waals surface area (Å²) in [6.07, 6.45) is 5.95. The van der Waals surface area contributed by atoms with Crippen molar-refractivity contribution < 1.29 is 114 Å². The summed E-state index contributed by atoms with van der Waals surface area (Å²) in [6.45, 7) is 10.2. The standard InChI is InChI=1S/C27H28F3N3O5.C20H24N2O5.C17H18N2O4.C16H16N2O4.C15H16N2O3/c1-18(34)32-25-17-22(9-10-31-25)37-21-6-4-5-19(13-21)7-8-26(35)38-24-15-20(27(28,29)30)14-23(16-24)36-12-11-33(2)3;1-20(2,3)27-19(24)22-17-13-16(10-11-21-17)26-15-7-5-6-14(12-15)8-9-18(23)25-4;1-12(20)19-16-11-15(8-9-18-16)23-14-5-3-4-13(10-14)6-7-17(21)22-2;1-11(19)18-15-10-14(7-8-17-15)22-13-4-2-3-12(9-13)5-6-16(20)21;1-19-15(18)6-5-11-3-2-4-12(9-11)20-13-7-8-17-14(16)10-13/h4-6,9-10,13-17H,7-8,11-12H2,1-3H3,(H,31,32,34);5-7,10-13H,8-9H2,1-4H3,(H,21,22,24);3-5,8-11H,6-7H2,1-2H3,(H,18,19,20);2-4,7-10H,5-6H2,1H3,(H,20,21)(H,17,18,19);2-4,7-10H,5-6H2,1H3,(H2,16,17). The van der Waals surface area contributed by atoms with Crippen LogP contribution in [0, 0.1) is 0 Å². The van der Waals surface area contributed by atoms with Crippen LogP contribution >= 0.6 is 0 Å². The lowest BCUT2D eigenvalue weighted by Crippen LogP contribution is -2.27. The van der Waals surface area contributed by atoms with Crippen molar-refractivity contribution in [3.63, 3.8) is 0 Å². The van der Waals surface area contributed by atoms with Crippen molar-refractivity contribution in [3.05, 3.63) is 265 Å². The summed E-state index contributed by atoms with van der Waals surface area (Å²) in [5.74, 6) is 4.46. The number of hydrogen-bond acceptors (Lipinski definition) is 27. The molecule has 0 saturated carbocycles. The number of nitrogens with two attached hydrogens (primary N) is 1. The Bertz CT molecular complexity index is 5600. The number of methoxy groups -OCH3 is 3. The van der Waals surface area contributed by atoms with Gasteiger partial charge in [0, 0.05) is 127 Å². The molecule has 35 heteroatoms. The number of pyridine rings is 5. The van der Waals surface area contributed by atoms with E-state index in [-0.39, 0.29) is 73.0 Å². The molecule has 0 aliphatic heterocycles. The Kier molecular flexibility index (Phi) is 40.9. The fourth-order valence-corrected chi connectivity index (χ4v) is 11.1. The van der Waals surface area contributed by atoms with E-state index < -0.39 is 35.4 Å². The number of rotatable bonds is 34. The predicted molar refractivity (Wildman–Crippen MR) is 477 cm³/mol. The molecule has 0 saturated heterocycles. The highest BCUT2D eigenvalue weighted by Crippen LogP contribution is 2.37. The smallest absolute Gasteiger partial charge is 0.416 e. The number of alkyl halides is 3. The lowest BCUT2D eigenvalue weighted by Gasteiger charge is -2.19. The maximum atomic E-state index is 13.3. The van der Waals surface area contributed by atoms with Gasteiger partial charge in [0.15, 0.2) is 0 Å². The number of carboxylic acids is 1. The topological polar surface area (TPSA) is 417 Å². The number of carbonyl (C=O) groups is 9. The Morgan fingerprint density at radius 1 is 0.377 bits per heavy atom. The molecule has 0 bridgehead atoms. The fraction of sp³-hybridized carbons (Fsp3) is 0.263. The molecular formula is C95H102F3N11O21. The van der Waals surface area contributed by atoms with Crippen LogP contribution in [0.2, 0.25) is 0 Å². The average molecular weight is 1790 g/mol. The van der Waals surface area contributed by atoms with Crippen molar-refractivity contribution in [2.24, 2.45) is 0 Å². The van der Waals surface area contributed by atoms with Crippen LogP contribution in [0.1, 0.15) is 107 Å². The summed E-state index contributed by atoms with van der Waals surface area (Å²) in [4.78, 5) is 124. The van der Waals surface area contributed by atoms with Gasteiger partial charge in [-0.05, 0) is 198 Å². The van der Waals surface area contributed by atoms with Gasteiger partial charge in [-0.25, -0.2) is 29.7 Å². The number of carboxylic acid groups (broad SMARTS) is 1. The van der Waals surface area contributed by atoms with Crippen LogP contribution in [0.4, 0.5) is 47.1 Å². The first-order valence-electron chi connectivity index (χ1n) is 40.3. The van der Waals surface area contributed by atoms with E-state index in [1.54, 1.807) is 130 Å². The SMILES string of the molecule is CC(=O)Nc1cc(Oc2cccc(CCC(=O)O)c2)ccn1.CC(=O)Nc1cc(Oc2cccc(CCC(=O)Oc3cc(OCCN(C)C)cc(C(F)(F)F)c3)c2)ccn1.COC(=O)CCc1cccc(Oc2ccnc(N)c2)c1.COC(=O)CCc1cccc(Oc2ccnc(NC(=O)OC(C)(C)C)c2)c1.COC(=O)CCc1cccc(Oc2ccnc(NC(C)=O)c2)c1. The molecule has 0 atom stereocenters. The molecule has 32 nitrogen and oxygen atoms in total. The first-order valence-corrected chi connectivity index (χ1v) is 40.3. The van der Waals surface area contributed by atoms with Gasteiger partial charge >= 0.3 is 42.1 Å². The van der Waals surface area contributed by atoms with E-state index in [0.29, 0.717) is 138 Å². The molecule has 0 aliphatic carbocycles. The Labute approximate surface area is 749 Å². The highest BCUT2D eigenvalue weighted by Gasteiger charge is 2.32. The number of likely N-dealkylation sites (N-methyl/N-ethyl adjacent to an activating group) is 1. The van der Waals surface area contributed by atoms with Crippen molar-refractivity contribution in [3.8, 4) is 69.0 Å². The minimum absolute atomic E-state index is 0.0351. The summed E-state index contributed by atoms with van der Waals surface area (Å²) in [7, 11) is 7.75. The number of aliphatic carboxylic acids is 1. The summed E-state index contributed by atoms with van der Waals surface area (Å²) in [6, 6.07) is 56.1. The number of nitrogens with one attached hydrogen (secondary N) is 4. The summed E-state index contributed by atoms with van der Waals surface area (Å²) in [5, 5.41) is 19.0. The zero-order valence-electron chi connectivity index (χ0n) is 73.4. The highest BCUT2D eigenvalue weighted by atomic mass is 19.4. The Morgan fingerprint density at radius 3 is 0.977 bits per heavy atom. The Balaban J connectivity index is 0.000000227. The molecule has 5 aromatic heterocycles. The Hall–Kier alpha value is -15.6. The van der Waals surface area contributed by atoms with Crippen LogP contribution in [-0.2, 0) is 95.6 Å². The van der Waals surface area contributed by atoms with Crippen molar-refractivity contribution in [2.75, 3.05) is 75.6 Å². The molecule has 5 heterocycles. The van der Waals surface area contributed by atoms with Crippen molar-refractivity contribution in [2.45, 2.75) is 118 Å². The molecule has 11 rings (SSSR count). The molecule has 7 N–H and O–H groups in total. The number of esters is 4. The van der Waals surface area contributed by atoms with Crippen LogP contribution in [0.5, 0.6) is 69.0 Å². The molecular weight excluding hydrogens is 1690 g/mol. The predicted octanol–water partition coefficient (Wildman–Crippen LogP) is 18.0. The van der Waals surface area contributed by atoms with Gasteiger partial charge < -0.3 is 83.8 Å². The first-order chi connectivity index (χ1) is 62.0. The number of benzene rings is 6. The lowest BCUT2D eigenvalue weighted by molar-refractivity contribution is -0.141. The van der Waals surface area contributed by atoms with E-state index in [9.17, 15) is 56.3 Å². The van der Waals surface area contributed by atoms with Crippen molar-refractivity contribution >= 4 is 82.8 Å². The molecule has 11 aromatic rings. The van der Waals surface area contributed by atoms with Crippen LogP contribution in [0.25, 0.3) is 0 Å². The van der Waals surface area contributed by atoms with E-state index in [1.165, 1.54) is 66.8 Å². The highest BCUT2D eigenvalue weighted by molar-refractivity contribution is 5.89. The first kappa shape index (κ1) is 102. The third kappa shape index (κ3) is 41.1. The average Bonchev–Trinajstić information content (AvgIpc) is 0.827. The van der Waals surface area contributed by atoms with Gasteiger partial charge in [0.2, 0.25) is 17.7 Å². The summed E-state index contributed by atoms with van der Waals surface area (Å²) >= 11 is 0. The van der Waals surface area contributed by atoms with E-state index in [2.05, 4.69) is 60.4 Å². The second-order valence-corrected chi connectivity index (χ2v) is 29.3. The minimum atomic E-state index is -4.62. The zero-order valence-corrected chi connectivity index (χ0v) is 73.4. The largest absolute Gasteiger partial charge is 0.492 e. The van der Waals surface area contributed by atoms with Gasteiger partial charge in [-0.1, -0.05) is 60.7 Å². The number of aryl methyl sites for hydroxylation is 5. The number of carbonyl (C=O) groups excluding carboxylic acids is 8. The molecule has 0 unspecified atom stereocenters. The normalized spacial score (nSPS) is 10.5. The lowest BCUT2D eigenvalue weighted by atomic mass is 10.1. The number of hydrogen-bond donors (Lipinski definition) is 6. The number of nitrogens with zero attached hydrogens (tertiary/aromatic N) is 6. The van der Waals surface area contributed by atoms with E-state index >= 15 is 0 Å². The van der Waals surface area contributed by atoms with E-state index in [0.717, 1.165) is 39.9 Å². The van der Waals surface area contributed by atoms with Gasteiger partial charge in [-0.15, -0.1) is 0 Å². The van der Waals surface area contributed by atoms with Crippen LogP contribution < -0.4 is 60.2 Å². The molecule has 0 aliphatic rings. The molecule has 0 fully saturated rings. The van der Waals surface area contributed by atoms with Crippen LogP contribution in [0.15, 0.2) is 231 Å². The second-order valence-electron chi connectivity index (χ2n) is 29.3. The molecule has 6 aromatic carbocycles. The van der Waals surface area contributed by atoms with Crippen molar-refractivity contribution in [1.29, 1.82) is 0 Å². The molecule has 684 valence electrons. The molecule has 130 heavy (non-hydrogen) atoms. The third-order valence-electron chi connectivity index (χ3n) is 16.9. The zero-order chi connectivity index (χ0) is 94.6. The molecule has 0 spiro atoms. The minimum Gasteiger partial charge on any atom is -0.492 e. The van der Waals surface area contributed by atoms with Gasteiger partial charge in [0.05, 0.1) is 26.9 Å². The van der Waals surface area contributed by atoms with Crippen molar-refractivity contribution in [1.82, 2.24) is 29.8 Å². The molecule has 0 radical (unpaired) electrons. The Morgan fingerprint density at radius 2 is 0.677 bits per heavy atom. The molecule has 4 amide bonds. The maximum absolute atomic E-state index is 13.3. The number of nitrogen functional groups attached to an aromatic ring is 1. The fourth-order valence-electron chi connectivity index (χ4n) is 11.1. The van der Waals surface area contributed by atoms with Crippen LogP contribution in [-0.4, -0.2) is 143 Å². The number of amides is 4. The van der Waals surface area contributed by atoms with Crippen LogP contribution in [0.3, 0.4) is 0 Å². The third-order valence-corrected chi connectivity index (χ3v) is 16.9. The van der Waals surface area contributed by atoms with Gasteiger partial charge in [-0.2, -0.15) is 13.2 Å². The second kappa shape index (κ2) is 52.4. The van der Waals surface area contributed by atoms with Gasteiger partial charge in [-0.3, -0.25) is 43.7 Å². The monoisotopic (exact) mass is 1790 g/mol. The quantitative estimate of drug-likeness (QED) is 0.0124.